The number of aryl methyl sites for hydroxylation is 2. The van der Waals surface area contributed by atoms with Gasteiger partial charge in [0.15, 0.2) is 5.16 Å². The van der Waals surface area contributed by atoms with E-state index in [4.69, 9.17) is 4.98 Å². The highest BCUT2D eigenvalue weighted by atomic mass is 32.2. The van der Waals surface area contributed by atoms with Crippen LogP contribution in [0.4, 0.5) is 5.69 Å². The van der Waals surface area contributed by atoms with E-state index in [1.807, 2.05) is 98.8 Å². The smallest absolute Gasteiger partial charge is 0.268 e. The summed E-state index contributed by atoms with van der Waals surface area (Å²) in [5, 5.41) is 4.06. The van der Waals surface area contributed by atoms with Gasteiger partial charge in [-0.15, -0.1) is 11.3 Å². The number of nitrogens with one attached hydrogen (secondary N) is 1. The number of para-hydroxylation sites is 2. The number of anilines is 1. The Bertz CT molecular complexity index is 1580. The first-order valence-electron chi connectivity index (χ1n) is 11.2. The molecule has 3 aromatic carbocycles. The van der Waals surface area contributed by atoms with Gasteiger partial charge in [-0.2, -0.15) is 0 Å². The summed E-state index contributed by atoms with van der Waals surface area (Å²) in [5.41, 5.74) is 4.27. The van der Waals surface area contributed by atoms with E-state index in [0.717, 1.165) is 32.9 Å². The molecule has 174 valence electrons. The van der Waals surface area contributed by atoms with Gasteiger partial charge in [0.1, 0.15) is 4.83 Å². The monoisotopic (exact) mass is 497 g/mol. The molecular formula is C28H23N3O2S2. The van der Waals surface area contributed by atoms with Crippen LogP contribution in [0.15, 0.2) is 94.9 Å². The van der Waals surface area contributed by atoms with Gasteiger partial charge in [0, 0.05) is 16.1 Å². The van der Waals surface area contributed by atoms with Crippen LogP contribution in [0.3, 0.4) is 0 Å². The van der Waals surface area contributed by atoms with Gasteiger partial charge in [-0.05, 0) is 43.2 Å². The largest absolute Gasteiger partial charge is 0.325 e. The fourth-order valence-electron chi connectivity index (χ4n) is 4.03. The lowest BCUT2D eigenvalue weighted by Crippen LogP contribution is -2.22. The summed E-state index contributed by atoms with van der Waals surface area (Å²) in [6, 6.07) is 27.0. The highest BCUT2D eigenvalue weighted by molar-refractivity contribution is 7.99. The molecule has 0 spiro atoms. The van der Waals surface area contributed by atoms with Crippen molar-refractivity contribution in [1.29, 1.82) is 0 Å². The number of nitrogens with zero attached hydrogens (tertiary/aromatic N) is 2. The Hall–Kier alpha value is -3.68. The average Bonchev–Trinajstić information content (AvgIpc) is 3.21. The van der Waals surface area contributed by atoms with Crippen LogP contribution in [0, 0.1) is 13.8 Å². The van der Waals surface area contributed by atoms with Crippen LogP contribution < -0.4 is 10.9 Å². The van der Waals surface area contributed by atoms with Crippen molar-refractivity contribution >= 4 is 44.9 Å². The molecule has 5 aromatic rings. The Morgan fingerprint density at radius 1 is 0.943 bits per heavy atom. The molecule has 0 bridgehead atoms. The fourth-order valence-corrected chi connectivity index (χ4v) is 5.93. The normalized spacial score (nSPS) is 11.0. The lowest BCUT2D eigenvalue weighted by atomic mass is 10.0. The summed E-state index contributed by atoms with van der Waals surface area (Å²) in [4.78, 5) is 33.3. The molecule has 5 rings (SSSR count). The maximum atomic E-state index is 14.0. The number of thiophene rings is 1. The van der Waals surface area contributed by atoms with Gasteiger partial charge in [-0.1, -0.05) is 78.5 Å². The number of benzene rings is 3. The van der Waals surface area contributed by atoms with Crippen molar-refractivity contribution < 1.29 is 4.79 Å². The highest BCUT2D eigenvalue weighted by Gasteiger charge is 2.21. The highest BCUT2D eigenvalue weighted by Crippen LogP contribution is 2.37. The third-order valence-corrected chi connectivity index (χ3v) is 7.64. The second-order valence-corrected chi connectivity index (χ2v) is 10.2. The third-order valence-electron chi connectivity index (χ3n) is 5.70. The van der Waals surface area contributed by atoms with E-state index in [2.05, 4.69) is 5.32 Å². The van der Waals surface area contributed by atoms with E-state index < -0.39 is 0 Å². The number of rotatable bonds is 6. The zero-order valence-electron chi connectivity index (χ0n) is 19.3. The van der Waals surface area contributed by atoms with Gasteiger partial charge in [-0.3, -0.25) is 14.2 Å². The Balaban J connectivity index is 1.58. The van der Waals surface area contributed by atoms with Crippen molar-refractivity contribution in [2.45, 2.75) is 19.0 Å². The van der Waals surface area contributed by atoms with Crippen molar-refractivity contribution in [3.8, 4) is 16.8 Å². The first kappa shape index (κ1) is 23.1. The molecule has 1 N–H and O–H groups in total. The quantitative estimate of drug-likeness (QED) is 0.216. The number of aromatic nitrogens is 2. The van der Waals surface area contributed by atoms with Gasteiger partial charge < -0.3 is 5.32 Å². The molecule has 1 amide bonds. The van der Waals surface area contributed by atoms with Gasteiger partial charge >= 0.3 is 0 Å². The minimum absolute atomic E-state index is 0.133. The number of fused-ring (bicyclic) bond motifs is 1. The molecule has 0 radical (unpaired) electrons. The topological polar surface area (TPSA) is 64.0 Å². The molecule has 35 heavy (non-hydrogen) atoms. The van der Waals surface area contributed by atoms with Gasteiger partial charge in [0.05, 0.1) is 16.8 Å². The molecule has 0 saturated carbocycles. The summed E-state index contributed by atoms with van der Waals surface area (Å²) in [7, 11) is 0. The summed E-state index contributed by atoms with van der Waals surface area (Å²) in [6.45, 7) is 3.97. The molecule has 7 heteroatoms. The van der Waals surface area contributed by atoms with Gasteiger partial charge in [0.25, 0.3) is 5.56 Å². The zero-order chi connectivity index (χ0) is 24.4. The van der Waals surface area contributed by atoms with Crippen molar-refractivity contribution in [3.05, 3.63) is 106 Å². The predicted molar refractivity (Wildman–Crippen MR) is 146 cm³/mol. The number of carbonyl (C=O) groups excluding carboxylic acids is 1. The second kappa shape index (κ2) is 9.90. The summed E-state index contributed by atoms with van der Waals surface area (Å²) in [5.74, 6) is -0.0137. The maximum Gasteiger partial charge on any atom is 0.268 e. The predicted octanol–water partition coefficient (Wildman–Crippen LogP) is 6.46. The van der Waals surface area contributed by atoms with Crippen LogP contribution in [-0.4, -0.2) is 21.2 Å². The van der Waals surface area contributed by atoms with E-state index in [1.54, 1.807) is 4.57 Å². The van der Waals surface area contributed by atoms with Gasteiger partial charge in [0.2, 0.25) is 5.91 Å². The lowest BCUT2D eigenvalue weighted by molar-refractivity contribution is -0.113. The molecule has 0 fully saturated rings. The van der Waals surface area contributed by atoms with E-state index >= 15 is 0 Å². The zero-order valence-corrected chi connectivity index (χ0v) is 21.0. The lowest BCUT2D eigenvalue weighted by Gasteiger charge is -2.13. The van der Waals surface area contributed by atoms with Crippen LogP contribution in [0.25, 0.3) is 27.0 Å². The van der Waals surface area contributed by atoms with E-state index in [9.17, 15) is 9.59 Å². The van der Waals surface area contributed by atoms with Crippen molar-refractivity contribution in [2.75, 3.05) is 11.1 Å². The minimum atomic E-state index is -0.148. The summed E-state index contributed by atoms with van der Waals surface area (Å²) in [6.07, 6.45) is 0. The molecule has 0 aliphatic heterocycles. The molecule has 0 saturated heterocycles. The number of amides is 1. The molecule has 5 nitrogen and oxygen atoms in total. The number of carbonyl (C=O) groups is 1. The van der Waals surface area contributed by atoms with Crippen molar-refractivity contribution in [2.24, 2.45) is 0 Å². The fraction of sp³-hybridized carbons (Fsp3) is 0.107. The Labute approximate surface area is 211 Å². The molecular weight excluding hydrogens is 474 g/mol. The Kier molecular flexibility index (Phi) is 6.53. The van der Waals surface area contributed by atoms with Gasteiger partial charge in [-0.25, -0.2) is 4.98 Å². The van der Waals surface area contributed by atoms with Crippen LogP contribution >= 0.6 is 23.1 Å². The SMILES string of the molecule is Cc1ccccc1NC(=O)CSc1nc2sc(C)c(-c3ccccc3)c2c(=O)n1-c1ccccc1. The van der Waals surface area contributed by atoms with Crippen LogP contribution in [0.5, 0.6) is 0 Å². The minimum Gasteiger partial charge on any atom is -0.325 e. The van der Waals surface area contributed by atoms with E-state index in [0.29, 0.717) is 15.4 Å². The third kappa shape index (κ3) is 4.65. The van der Waals surface area contributed by atoms with E-state index in [1.165, 1.54) is 23.1 Å². The molecule has 0 atom stereocenters. The van der Waals surface area contributed by atoms with Crippen LogP contribution in [-0.2, 0) is 4.79 Å². The second-order valence-electron chi connectivity index (χ2n) is 8.10. The summed E-state index contributed by atoms with van der Waals surface area (Å²) < 4.78 is 1.62. The molecule has 2 heterocycles. The molecule has 0 unspecified atom stereocenters. The Morgan fingerprint density at radius 3 is 2.31 bits per heavy atom. The number of hydrogen-bond donors (Lipinski definition) is 1. The van der Waals surface area contributed by atoms with Crippen molar-refractivity contribution in [1.82, 2.24) is 9.55 Å². The standard InChI is InChI=1S/C28H23N3O2S2/c1-18-11-9-10-16-22(18)29-23(32)17-34-28-30-26-25(27(33)31(28)21-14-7-4-8-15-21)24(19(2)35-26)20-12-5-3-6-13-20/h3-16H,17H2,1-2H3,(H,29,32). The summed E-state index contributed by atoms with van der Waals surface area (Å²) >= 11 is 2.77. The molecule has 2 aromatic heterocycles. The maximum absolute atomic E-state index is 14.0. The van der Waals surface area contributed by atoms with E-state index in [-0.39, 0.29) is 17.2 Å². The van der Waals surface area contributed by atoms with Crippen molar-refractivity contribution in [3.63, 3.8) is 0 Å². The first-order valence-corrected chi connectivity index (χ1v) is 13.0. The van der Waals surface area contributed by atoms with Crippen LogP contribution in [0.1, 0.15) is 10.4 Å². The first-order chi connectivity index (χ1) is 17.0. The average molecular weight is 498 g/mol. The molecule has 0 aliphatic rings. The Morgan fingerprint density at radius 2 is 1.60 bits per heavy atom. The molecule has 0 aliphatic carbocycles. The number of hydrogen-bond acceptors (Lipinski definition) is 5. The number of thioether (sulfide) groups is 1. The van der Waals surface area contributed by atoms with Crippen LogP contribution in [0.2, 0.25) is 0 Å².